The van der Waals surface area contributed by atoms with Crippen LogP contribution in [0.3, 0.4) is 0 Å². The Morgan fingerprint density at radius 1 is 1.35 bits per heavy atom. The Morgan fingerprint density at radius 3 is 2.85 bits per heavy atom. The van der Waals surface area contributed by atoms with Crippen molar-refractivity contribution in [3.8, 4) is 0 Å². The van der Waals surface area contributed by atoms with Crippen LogP contribution in [0.25, 0.3) is 11.0 Å². The van der Waals surface area contributed by atoms with Gasteiger partial charge in [-0.05, 0) is 43.4 Å². The fourth-order valence-electron chi connectivity index (χ4n) is 3.36. The third-order valence-corrected chi connectivity index (χ3v) is 4.72. The molecule has 1 aliphatic rings. The van der Waals surface area contributed by atoms with Crippen molar-refractivity contribution in [3.63, 3.8) is 0 Å². The fraction of sp³-hybridized carbons (Fsp3) is 0.471. The van der Waals surface area contributed by atoms with E-state index in [-0.39, 0.29) is 24.3 Å². The van der Waals surface area contributed by atoms with E-state index in [1.807, 2.05) is 25.1 Å². The van der Waals surface area contributed by atoms with Crippen molar-refractivity contribution in [1.29, 1.82) is 0 Å². The number of hydrogen-bond acceptors (Lipinski definition) is 7. The molecule has 0 bridgehead atoms. The average molecular weight is 358 g/mol. The van der Waals surface area contributed by atoms with Gasteiger partial charge in [0, 0.05) is 0 Å². The van der Waals surface area contributed by atoms with E-state index in [2.05, 4.69) is 26.0 Å². The van der Waals surface area contributed by atoms with Crippen LogP contribution in [-0.2, 0) is 9.59 Å². The summed E-state index contributed by atoms with van der Waals surface area (Å²) in [5, 5.41) is 18.0. The predicted molar refractivity (Wildman–Crippen MR) is 93.8 cm³/mol. The fourth-order valence-corrected chi connectivity index (χ4v) is 3.36. The summed E-state index contributed by atoms with van der Waals surface area (Å²) in [7, 11) is 0. The highest BCUT2D eigenvalue weighted by molar-refractivity contribution is 5.81. The molecule has 3 N–H and O–H groups in total. The maximum absolute atomic E-state index is 12.6. The van der Waals surface area contributed by atoms with Gasteiger partial charge in [0.25, 0.3) is 5.95 Å². The monoisotopic (exact) mass is 358 g/mol. The Labute approximate surface area is 150 Å². The molecule has 1 heterocycles. The van der Waals surface area contributed by atoms with Gasteiger partial charge in [-0.15, -0.1) is 10.2 Å². The number of nitrogens with one attached hydrogen (secondary N) is 2. The van der Waals surface area contributed by atoms with Gasteiger partial charge in [-0.2, -0.15) is 0 Å². The molecule has 9 heteroatoms. The first kappa shape index (κ1) is 18.0. The smallest absolute Gasteiger partial charge is 0.262 e. The first-order chi connectivity index (χ1) is 12.6. The van der Waals surface area contributed by atoms with Gasteiger partial charge in [-0.3, -0.25) is 25.6 Å². The van der Waals surface area contributed by atoms with Crippen molar-refractivity contribution in [2.75, 3.05) is 12.0 Å². The maximum atomic E-state index is 12.6. The molecule has 1 atom stereocenters. The van der Waals surface area contributed by atoms with E-state index in [1.165, 1.54) is 0 Å². The number of hydroxylamine groups is 2. The third-order valence-electron chi connectivity index (χ3n) is 4.72. The molecule has 1 saturated carbocycles. The summed E-state index contributed by atoms with van der Waals surface area (Å²) in [4.78, 5) is 27.6. The molecule has 1 aromatic carbocycles. The molecule has 26 heavy (non-hydrogen) atoms. The van der Waals surface area contributed by atoms with Crippen molar-refractivity contribution in [1.82, 2.24) is 25.7 Å². The van der Waals surface area contributed by atoms with Crippen LogP contribution < -0.4 is 10.9 Å². The van der Waals surface area contributed by atoms with E-state index in [9.17, 15) is 14.8 Å². The summed E-state index contributed by atoms with van der Waals surface area (Å²) in [5.74, 6) is -0.511. The van der Waals surface area contributed by atoms with Crippen LogP contribution in [0.1, 0.15) is 31.2 Å². The van der Waals surface area contributed by atoms with Crippen LogP contribution in [0.5, 0.6) is 0 Å². The van der Waals surface area contributed by atoms with Gasteiger partial charge in [-0.1, -0.05) is 18.9 Å². The molecule has 1 fully saturated rings. The summed E-state index contributed by atoms with van der Waals surface area (Å²) in [5.41, 5.74) is 7.65. The molecule has 0 unspecified atom stereocenters. The maximum Gasteiger partial charge on any atom is 0.262 e. The second kappa shape index (κ2) is 8.05. The minimum Gasteiger partial charge on any atom is -0.286 e. The van der Waals surface area contributed by atoms with Crippen molar-refractivity contribution in [2.24, 2.45) is 11.8 Å². The van der Waals surface area contributed by atoms with Gasteiger partial charge < -0.3 is 0 Å². The zero-order valence-corrected chi connectivity index (χ0v) is 14.6. The third kappa shape index (κ3) is 4.23. The van der Waals surface area contributed by atoms with E-state index in [4.69, 9.17) is 0 Å². The molecule has 2 aromatic rings. The summed E-state index contributed by atoms with van der Waals surface area (Å²) < 4.78 is 0. The van der Waals surface area contributed by atoms with Crippen LogP contribution in [0.15, 0.2) is 18.2 Å². The van der Waals surface area contributed by atoms with Crippen LogP contribution >= 0.6 is 0 Å². The number of rotatable bonds is 7. The highest BCUT2D eigenvalue weighted by Crippen LogP contribution is 2.31. The highest BCUT2D eigenvalue weighted by Gasteiger charge is 2.32. The van der Waals surface area contributed by atoms with Gasteiger partial charge >= 0.3 is 0 Å². The summed E-state index contributed by atoms with van der Waals surface area (Å²) >= 11 is 0. The zero-order chi connectivity index (χ0) is 18.5. The van der Waals surface area contributed by atoms with Crippen LogP contribution in [-0.4, -0.2) is 44.3 Å². The van der Waals surface area contributed by atoms with E-state index in [1.54, 1.807) is 0 Å². The minimum atomic E-state index is -0.503. The molecule has 9 nitrogen and oxygen atoms in total. The number of hydrogen-bond donors (Lipinski definition) is 3. The molecule has 0 spiro atoms. The Balaban J connectivity index is 1.67. The number of carbonyl (C=O) groups excluding carboxylic acids is 2. The normalized spacial score (nSPS) is 15.6. The molecule has 0 aliphatic heterocycles. The van der Waals surface area contributed by atoms with Crippen molar-refractivity contribution in [3.05, 3.63) is 23.8 Å². The average Bonchev–Trinajstić information content (AvgIpc) is 3.18. The standard InChI is InChI=1S/C17H22N6O3/c1-11-6-7-14-15(8-11)19-21-17(18-14)22-20-16(25)13(9-23(26)10-24)12-4-2-3-5-12/h6-8,10,12-13,26H,2-5,9H2,1H3,(H,20,25)(H,18,21,22)/t13-/m0/s1. The molecule has 1 aromatic heterocycles. The number of nitrogens with zero attached hydrogens (tertiary/aromatic N) is 4. The van der Waals surface area contributed by atoms with E-state index in [0.717, 1.165) is 31.2 Å². The lowest BCUT2D eigenvalue weighted by Gasteiger charge is -2.24. The van der Waals surface area contributed by atoms with Gasteiger partial charge in [0.1, 0.15) is 5.52 Å². The number of fused-ring (bicyclic) bond motifs is 1. The van der Waals surface area contributed by atoms with Crippen LogP contribution in [0, 0.1) is 18.8 Å². The summed E-state index contributed by atoms with van der Waals surface area (Å²) in [6.07, 6.45) is 4.20. The molecule has 2 amide bonds. The number of amides is 2. The van der Waals surface area contributed by atoms with Gasteiger partial charge in [0.05, 0.1) is 18.0 Å². The number of aromatic nitrogens is 3. The van der Waals surface area contributed by atoms with Crippen molar-refractivity contribution < 1.29 is 14.8 Å². The van der Waals surface area contributed by atoms with Gasteiger partial charge in [0.2, 0.25) is 12.3 Å². The van der Waals surface area contributed by atoms with Crippen LogP contribution in [0.2, 0.25) is 0 Å². The largest absolute Gasteiger partial charge is 0.286 e. The second-order valence-electron chi connectivity index (χ2n) is 6.62. The lowest BCUT2D eigenvalue weighted by Crippen LogP contribution is -2.43. The molecular weight excluding hydrogens is 336 g/mol. The highest BCUT2D eigenvalue weighted by atomic mass is 16.5. The predicted octanol–water partition coefficient (Wildman–Crippen LogP) is 1.43. The van der Waals surface area contributed by atoms with Gasteiger partial charge in [0.15, 0.2) is 0 Å². The second-order valence-corrected chi connectivity index (χ2v) is 6.62. The number of benzene rings is 1. The lowest BCUT2D eigenvalue weighted by molar-refractivity contribution is -0.156. The minimum absolute atomic E-state index is 0.0439. The van der Waals surface area contributed by atoms with Gasteiger partial charge in [-0.25, -0.2) is 10.0 Å². The Kier molecular flexibility index (Phi) is 5.57. The molecule has 3 rings (SSSR count). The molecule has 138 valence electrons. The number of anilines is 1. The van der Waals surface area contributed by atoms with Crippen molar-refractivity contribution >= 4 is 29.3 Å². The number of carbonyl (C=O) groups is 2. The lowest BCUT2D eigenvalue weighted by atomic mass is 9.90. The molecule has 0 saturated heterocycles. The van der Waals surface area contributed by atoms with E-state index in [0.29, 0.717) is 22.5 Å². The van der Waals surface area contributed by atoms with Crippen LogP contribution in [0.4, 0.5) is 5.95 Å². The van der Waals surface area contributed by atoms with E-state index < -0.39 is 5.92 Å². The number of aryl methyl sites for hydroxylation is 1. The first-order valence-electron chi connectivity index (χ1n) is 8.64. The summed E-state index contributed by atoms with van der Waals surface area (Å²) in [6.45, 7) is 1.91. The Morgan fingerprint density at radius 2 is 2.12 bits per heavy atom. The number of hydrazine groups is 1. The van der Waals surface area contributed by atoms with Crippen molar-refractivity contribution in [2.45, 2.75) is 32.6 Å². The summed E-state index contributed by atoms with van der Waals surface area (Å²) in [6, 6.07) is 5.63. The van der Waals surface area contributed by atoms with E-state index >= 15 is 0 Å². The topological polar surface area (TPSA) is 120 Å². The zero-order valence-electron chi connectivity index (χ0n) is 14.6. The Bertz CT molecular complexity index is 793. The molecule has 0 radical (unpaired) electrons. The quantitative estimate of drug-likeness (QED) is 0.389. The Hall–Kier alpha value is -2.81. The SMILES string of the molecule is Cc1ccc2nc(NNC(=O)[C@@H](CN(O)C=O)C3CCCC3)nnc2c1. The molecule has 1 aliphatic carbocycles. The molecular formula is C17H22N6O3. The first-order valence-corrected chi connectivity index (χ1v) is 8.64.